The maximum atomic E-state index is 10.1. The van der Waals surface area contributed by atoms with E-state index in [1.165, 1.54) is 0 Å². The van der Waals surface area contributed by atoms with Crippen molar-refractivity contribution in [2.45, 2.75) is 31.4 Å². The first-order chi connectivity index (χ1) is 7.71. The lowest BCUT2D eigenvalue weighted by molar-refractivity contribution is 0.0961. The first kappa shape index (κ1) is 9.66. The maximum absolute atomic E-state index is 10.1. The molecule has 0 radical (unpaired) electrons. The summed E-state index contributed by atoms with van der Waals surface area (Å²) in [7, 11) is 0. The summed E-state index contributed by atoms with van der Waals surface area (Å²) < 4.78 is 7.31. The van der Waals surface area contributed by atoms with Gasteiger partial charge in [0.15, 0.2) is 11.6 Å². The molecule has 0 bridgehead atoms. The number of furan rings is 1. The molecule has 84 valence electrons. The Hall–Kier alpha value is -1.55. The summed E-state index contributed by atoms with van der Waals surface area (Å²) in [6.07, 6.45) is 6.98. The second-order valence-corrected chi connectivity index (χ2v) is 4.41. The topological polar surface area (TPSA) is 51.2 Å². The van der Waals surface area contributed by atoms with Crippen LogP contribution in [0.15, 0.2) is 35.2 Å². The van der Waals surface area contributed by atoms with E-state index in [1.54, 1.807) is 12.5 Å². The third kappa shape index (κ3) is 1.38. The van der Waals surface area contributed by atoms with Gasteiger partial charge >= 0.3 is 0 Å². The number of imidazole rings is 1. The molecule has 2 aromatic heterocycles. The van der Waals surface area contributed by atoms with Crippen LogP contribution in [-0.4, -0.2) is 20.3 Å². The molecule has 1 unspecified atom stereocenters. The summed E-state index contributed by atoms with van der Waals surface area (Å²) in [6.45, 7) is 2.02. The molecule has 1 aliphatic carbocycles. The minimum atomic E-state index is -0.554. The molecular weight excluding hydrogens is 204 g/mol. The molecule has 3 rings (SSSR count). The van der Waals surface area contributed by atoms with E-state index >= 15 is 0 Å². The summed E-state index contributed by atoms with van der Waals surface area (Å²) in [5.41, 5.74) is -0.554. The third-order valence-electron chi connectivity index (χ3n) is 3.37. The van der Waals surface area contributed by atoms with Gasteiger partial charge in [0.2, 0.25) is 0 Å². The first-order valence-corrected chi connectivity index (χ1v) is 5.50. The van der Waals surface area contributed by atoms with Crippen LogP contribution in [0.1, 0.15) is 25.8 Å². The zero-order valence-corrected chi connectivity index (χ0v) is 9.13. The van der Waals surface area contributed by atoms with Crippen LogP contribution in [0, 0.1) is 0 Å². The Morgan fingerprint density at radius 2 is 2.38 bits per heavy atom. The summed E-state index contributed by atoms with van der Waals surface area (Å²) in [6, 6.07) is 3.75. The Morgan fingerprint density at radius 1 is 1.56 bits per heavy atom. The summed E-state index contributed by atoms with van der Waals surface area (Å²) >= 11 is 0. The van der Waals surface area contributed by atoms with Gasteiger partial charge < -0.3 is 14.1 Å². The predicted octanol–water partition coefficient (Wildman–Crippen LogP) is 2.23. The fourth-order valence-electron chi connectivity index (χ4n) is 2.03. The zero-order chi connectivity index (χ0) is 11.2. The van der Waals surface area contributed by atoms with Crippen molar-refractivity contribution in [3.8, 4) is 11.6 Å². The monoisotopic (exact) mass is 218 g/mol. The van der Waals surface area contributed by atoms with Gasteiger partial charge in [-0.05, 0) is 31.9 Å². The Bertz CT molecular complexity index is 483. The SMILES string of the molecule is CC(n1ccnc1-c1ccco1)C1(O)CC1. The summed E-state index contributed by atoms with van der Waals surface area (Å²) in [5, 5.41) is 10.1. The van der Waals surface area contributed by atoms with Crippen molar-refractivity contribution in [1.29, 1.82) is 0 Å². The van der Waals surface area contributed by atoms with Crippen LogP contribution in [-0.2, 0) is 0 Å². The standard InChI is InChI=1S/C12H14N2O2/c1-9(12(15)4-5-12)14-7-6-13-11(14)10-3-2-8-16-10/h2-3,6-9,15H,4-5H2,1H3. The first-order valence-electron chi connectivity index (χ1n) is 5.50. The van der Waals surface area contributed by atoms with Gasteiger partial charge in [-0.1, -0.05) is 0 Å². The quantitative estimate of drug-likeness (QED) is 0.859. The predicted molar refractivity (Wildman–Crippen MR) is 58.8 cm³/mol. The van der Waals surface area contributed by atoms with E-state index in [4.69, 9.17) is 4.42 Å². The molecule has 1 aliphatic rings. The molecule has 1 atom stereocenters. The molecule has 2 heterocycles. The largest absolute Gasteiger partial charge is 0.461 e. The highest BCUT2D eigenvalue weighted by atomic mass is 16.3. The molecule has 16 heavy (non-hydrogen) atoms. The van der Waals surface area contributed by atoms with E-state index in [0.717, 1.165) is 24.4 Å². The molecule has 1 N–H and O–H groups in total. The van der Waals surface area contributed by atoms with Crippen LogP contribution in [0.4, 0.5) is 0 Å². The van der Waals surface area contributed by atoms with Crippen LogP contribution in [0.5, 0.6) is 0 Å². The molecule has 0 amide bonds. The number of nitrogens with zero attached hydrogens (tertiary/aromatic N) is 2. The molecule has 2 aromatic rings. The lowest BCUT2D eigenvalue weighted by Crippen LogP contribution is -2.23. The molecule has 1 saturated carbocycles. The van der Waals surface area contributed by atoms with Crippen LogP contribution in [0.2, 0.25) is 0 Å². The minimum Gasteiger partial charge on any atom is -0.461 e. The molecule has 0 spiro atoms. The van der Waals surface area contributed by atoms with Gasteiger partial charge in [-0.3, -0.25) is 0 Å². The van der Waals surface area contributed by atoms with Gasteiger partial charge in [-0.25, -0.2) is 4.98 Å². The van der Waals surface area contributed by atoms with Gasteiger partial charge in [0.1, 0.15) is 0 Å². The Balaban J connectivity index is 1.99. The van der Waals surface area contributed by atoms with Gasteiger partial charge in [-0.15, -0.1) is 0 Å². The highest BCUT2D eigenvalue weighted by Crippen LogP contribution is 2.45. The normalized spacial score (nSPS) is 19.6. The van der Waals surface area contributed by atoms with Gasteiger partial charge in [-0.2, -0.15) is 0 Å². The average molecular weight is 218 g/mol. The van der Waals surface area contributed by atoms with Gasteiger partial charge in [0, 0.05) is 12.4 Å². The van der Waals surface area contributed by atoms with E-state index in [9.17, 15) is 5.11 Å². The molecule has 0 aliphatic heterocycles. The van der Waals surface area contributed by atoms with Crippen molar-refractivity contribution < 1.29 is 9.52 Å². The molecule has 4 heteroatoms. The van der Waals surface area contributed by atoms with E-state index in [1.807, 2.05) is 29.8 Å². The van der Waals surface area contributed by atoms with Gasteiger partial charge in [0.25, 0.3) is 0 Å². The number of hydrogen-bond acceptors (Lipinski definition) is 3. The van der Waals surface area contributed by atoms with Crippen molar-refractivity contribution in [1.82, 2.24) is 9.55 Å². The molecule has 0 saturated heterocycles. The maximum Gasteiger partial charge on any atom is 0.176 e. The van der Waals surface area contributed by atoms with Crippen molar-refractivity contribution >= 4 is 0 Å². The number of rotatable bonds is 3. The van der Waals surface area contributed by atoms with Crippen LogP contribution >= 0.6 is 0 Å². The van der Waals surface area contributed by atoms with E-state index < -0.39 is 5.60 Å². The van der Waals surface area contributed by atoms with Crippen molar-refractivity contribution in [2.24, 2.45) is 0 Å². The van der Waals surface area contributed by atoms with E-state index in [2.05, 4.69) is 4.98 Å². The van der Waals surface area contributed by atoms with Crippen molar-refractivity contribution in [3.05, 3.63) is 30.8 Å². The van der Waals surface area contributed by atoms with Crippen LogP contribution < -0.4 is 0 Å². The van der Waals surface area contributed by atoms with Crippen LogP contribution in [0.25, 0.3) is 11.6 Å². The third-order valence-corrected chi connectivity index (χ3v) is 3.37. The van der Waals surface area contributed by atoms with E-state index in [-0.39, 0.29) is 6.04 Å². The number of aliphatic hydroxyl groups is 1. The Morgan fingerprint density at radius 3 is 3.00 bits per heavy atom. The zero-order valence-electron chi connectivity index (χ0n) is 9.13. The molecule has 1 fully saturated rings. The lowest BCUT2D eigenvalue weighted by Gasteiger charge is -2.20. The lowest BCUT2D eigenvalue weighted by atomic mass is 10.1. The highest BCUT2D eigenvalue weighted by Gasteiger charge is 2.46. The number of aromatic nitrogens is 2. The molecule has 0 aromatic carbocycles. The fraction of sp³-hybridized carbons (Fsp3) is 0.417. The second-order valence-electron chi connectivity index (χ2n) is 4.41. The van der Waals surface area contributed by atoms with Crippen molar-refractivity contribution in [2.75, 3.05) is 0 Å². The Kier molecular flexibility index (Phi) is 1.94. The molecular formula is C12H14N2O2. The highest BCUT2D eigenvalue weighted by molar-refractivity contribution is 5.47. The number of hydrogen-bond donors (Lipinski definition) is 1. The van der Waals surface area contributed by atoms with E-state index in [0.29, 0.717) is 0 Å². The molecule has 4 nitrogen and oxygen atoms in total. The minimum absolute atomic E-state index is 0.0371. The average Bonchev–Trinajstić information content (AvgIpc) is 2.80. The summed E-state index contributed by atoms with van der Waals surface area (Å²) in [5.74, 6) is 1.51. The fourth-order valence-corrected chi connectivity index (χ4v) is 2.03. The Labute approximate surface area is 93.5 Å². The van der Waals surface area contributed by atoms with Crippen molar-refractivity contribution in [3.63, 3.8) is 0 Å². The second kappa shape index (κ2) is 3.22. The summed E-state index contributed by atoms with van der Waals surface area (Å²) in [4.78, 5) is 4.28. The van der Waals surface area contributed by atoms with Gasteiger partial charge in [0.05, 0.1) is 17.9 Å². The van der Waals surface area contributed by atoms with Crippen LogP contribution in [0.3, 0.4) is 0 Å². The smallest absolute Gasteiger partial charge is 0.176 e.